The van der Waals surface area contributed by atoms with Gasteiger partial charge in [-0.25, -0.2) is 0 Å². The van der Waals surface area contributed by atoms with E-state index in [9.17, 15) is 0 Å². The van der Waals surface area contributed by atoms with Crippen LogP contribution in [0.5, 0.6) is 0 Å². The Hall–Kier alpha value is -1.03. The van der Waals surface area contributed by atoms with Gasteiger partial charge in [-0.1, -0.05) is 27.7 Å². The van der Waals surface area contributed by atoms with Crippen molar-refractivity contribution in [2.45, 2.75) is 47.5 Å². The Morgan fingerprint density at radius 2 is 1.75 bits per heavy atom. The molecule has 0 aliphatic carbocycles. The van der Waals surface area contributed by atoms with Crippen molar-refractivity contribution in [3.63, 3.8) is 0 Å². The van der Waals surface area contributed by atoms with Gasteiger partial charge in [0.2, 0.25) is 0 Å². The van der Waals surface area contributed by atoms with Crippen molar-refractivity contribution >= 4 is 6.21 Å². The summed E-state index contributed by atoms with van der Waals surface area (Å²) >= 11 is 0. The molecule has 0 heterocycles. The van der Waals surface area contributed by atoms with Crippen LogP contribution < -0.4 is 5.73 Å². The van der Waals surface area contributed by atoms with Crippen LogP contribution in [0.1, 0.15) is 47.5 Å². The van der Waals surface area contributed by atoms with E-state index in [0.29, 0.717) is 18.4 Å². The Morgan fingerprint density at radius 3 is 2.20 bits per heavy atom. The molecule has 0 aliphatic rings. The molecule has 0 aromatic rings. The molecule has 0 atom stereocenters. The van der Waals surface area contributed by atoms with Gasteiger partial charge in [0.25, 0.3) is 0 Å². The normalized spacial score (nSPS) is 13.3. The minimum absolute atomic E-state index is 0.327. The highest BCUT2D eigenvalue weighted by atomic mass is 16.5. The van der Waals surface area contributed by atoms with E-state index in [0.717, 1.165) is 31.8 Å². The van der Waals surface area contributed by atoms with E-state index in [1.54, 1.807) is 0 Å². The molecule has 4 nitrogen and oxygen atoms in total. The number of hydrogen-bond acceptors (Lipinski definition) is 4. The van der Waals surface area contributed by atoms with E-state index in [2.05, 4.69) is 37.6 Å². The quantitative estimate of drug-likeness (QED) is 0.468. The van der Waals surface area contributed by atoms with Crippen LogP contribution in [0, 0.1) is 5.92 Å². The summed E-state index contributed by atoms with van der Waals surface area (Å²) in [6, 6.07) is 0. The molecule has 0 rings (SSSR count). The zero-order chi connectivity index (χ0) is 15.4. The fourth-order valence-corrected chi connectivity index (χ4v) is 2.02. The molecule has 118 valence electrons. The number of ether oxygens (including phenoxy) is 1. The van der Waals surface area contributed by atoms with E-state index in [1.807, 2.05) is 13.1 Å². The first-order valence-corrected chi connectivity index (χ1v) is 7.91. The molecule has 0 bridgehead atoms. The highest BCUT2D eigenvalue weighted by Gasteiger charge is 2.08. The first-order chi connectivity index (χ1) is 9.56. The van der Waals surface area contributed by atoms with Crippen molar-refractivity contribution in [3.05, 3.63) is 11.5 Å². The smallest absolute Gasteiger partial charge is 0.189 e. The van der Waals surface area contributed by atoms with Crippen LogP contribution in [-0.4, -0.2) is 43.9 Å². The maximum atomic E-state index is 6.04. The third-order valence-electron chi connectivity index (χ3n) is 3.06. The fourth-order valence-electron chi connectivity index (χ4n) is 2.02. The van der Waals surface area contributed by atoms with Crippen LogP contribution in [0.2, 0.25) is 0 Å². The molecular formula is C16H33N3O. The van der Waals surface area contributed by atoms with E-state index >= 15 is 0 Å². The Kier molecular flexibility index (Phi) is 11.2. The molecule has 20 heavy (non-hydrogen) atoms. The van der Waals surface area contributed by atoms with Crippen LogP contribution in [0.3, 0.4) is 0 Å². The standard InChI is InChI=1S/C16H33N3O/c1-6-9-19(10-7-2)11-12-20-16(17)15(14(4)5)13-18-8-3/h13-14H,6-12,17H2,1-5H3. The van der Waals surface area contributed by atoms with Gasteiger partial charge in [-0.2, -0.15) is 0 Å². The van der Waals surface area contributed by atoms with Crippen molar-refractivity contribution in [2.24, 2.45) is 16.6 Å². The molecule has 0 radical (unpaired) electrons. The number of aliphatic imine (C=N–C) groups is 1. The van der Waals surface area contributed by atoms with Crippen LogP contribution in [-0.2, 0) is 4.74 Å². The second kappa shape index (κ2) is 11.8. The summed E-state index contributed by atoms with van der Waals surface area (Å²) in [4.78, 5) is 6.68. The lowest BCUT2D eigenvalue weighted by Crippen LogP contribution is -2.29. The summed E-state index contributed by atoms with van der Waals surface area (Å²) in [7, 11) is 0. The van der Waals surface area contributed by atoms with Gasteiger partial charge in [0.05, 0.1) is 0 Å². The average molecular weight is 283 g/mol. The van der Waals surface area contributed by atoms with Gasteiger partial charge in [0.1, 0.15) is 6.61 Å². The maximum absolute atomic E-state index is 6.04. The molecule has 0 fully saturated rings. The number of rotatable bonds is 11. The second-order valence-electron chi connectivity index (χ2n) is 5.29. The number of nitrogens with zero attached hydrogens (tertiary/aromatic N) is 2. The van der Waals surface area contributed by atoms with Crippen molar-refractivity contribution in [1.29, 1.82) is 0 Å². The minimum atomic E-state index is 0.327. The summed E-state index contributed by atoms with van der Waals surface area (Å²) in [5.74, 6) is 0.845. The summed E-state index contributed by atoms with van der Waals surface area (Å²) in [6.45, 7) is 15.2. The third kappa shape index (κ3) is 8.20. The second-order valence-corrected chi connectivity index (χ2v) is 5.29. The molecule has 0 saturated heterocycles. The summed E-state index contributed by atoms with van der Waals surface area (Å²) in [5, 5.41) is 0. The summed E-state index contributed by atoms with van der Waals surface area (Å²) < 4.78 is 5.71. The topological polar surface area (TPSA) is 50.9 Å². The number of allylic oxidation sites excluding steroid dienone is 1. The highest BCUT2D eigenvalue weighted by molar-refractivity contribution is 5.79. The van der Waals surface area contributed by atoms with Gasteiger partial charge >= 0.3 is 0 Å². The van der Waals surface area contributed by atoms with Gasteiger partial charge in [-0.15, -0.1) is 0 Å². The lowest BCUT2D eigenvalue weighted by atomic mass is 10.1. The first-order valence-electron chi connectivity index (χ1n) is 7.91. The predicted molar refractivity (Wildman–Crippen MR) is 88.1 cm³/mol. The van der Waals surface area contributed by atoms with Crippen LogP contribution in [0.4, 0.5) is 0 Å². The minimum Gasteiger partial charge on any atom is -0.478 e. The van der Waals surface area contributed by atoms with Crippen molar-refractivity contribution < 1.29 is 4.74 Å². The molecule has 0 aromatic carbocycles. The lowest BCUT2D eigenvalue weighted by molar-refractivity contribution is 0.153. The number of nitrogens with two attached hydrogens (primary N) is 1. The van der Waals surface area contributed by atoms with Crippen molar-refractivity contribution in [2.75, 3.05) is 32.8 Å². The molecule has 0 aliphatic heterocycles. The molecule has 4 heteroatoms. The van der Waals surface area contributed by atoms with E-state index < -0.39 is 0 Å². The Morgan fingerprint density at radius 1 is 1.15 bits per heavy atom. The lowest BCUT2D eigenvalue weighted by Gasteiger charge is -2.21. The van der Waals surface area contributed by atoms with E-state index in [4.69, 9.17) is 10.5 Å². The van der Waals surface area contributed by atoms with Crippen LogP contribution >= 0.6 is 0 Å². The summed E-state index contributed by atoms with van der Waals surface area (Å²) in [6.07, 6.45) is 4.19. The highest BCUT2D eigenvalue weighted by Crippen LogP contribution is 2.11. The van der Waals surface area contributed by atoms with E-state index in [-0.39, 0.29) is 0 Å². The molecule has 0 spiro atoms. The van der Waals surface area contributed by atoms with Crippen molar-refractivity contribution in [1.82, 2.24) is 4.90 Å². The Labute approximate surface area is 125 Å². The molecule has 0 amide bonds. The monoisotopic (exact) mass is 283 g/mol. The first kappa shape index (κ1) is 19.0. The third-order valence-corrected chi connectivity index (χ3v) is 3.06. The zero-order valence-corrected chi connectivity index (χ0v) is 14.0. The largest absolute Gasteiger partial charge is 0.478 e. The molecule has 0 aromatic heterocycles. The van der Waals surface area contributed by atoms with Gasteiger partial charge in [-0.05, 0) is 38.8 Å². The number of hydrogen-bond donors (Lipinski definition) is 1. The van der Waals surface area contributed by atoms with Gasteiger partial charge in [-0.3, -0.25) is 9.89 Å². The van der Waals surface area contributed by atoms with Gasteiger partial charge < -0.3 is 10.5 Å². The van der Waals surface area contributed by atoms with Crippen molar-refractivity contribution in [3.8, 4) is 0 Å². The van der Waals surface area contributed by atoms with Crippen LogP contribution in [0.15, 0.2) is 16.4 Å². The van der Waals surface area contributed by atoms with Gasteiger partial charge in [0.15, 0.2) is 5.88 Å². The average Bonchev–Trinajstić information content (AvgIpc) is 2.39. The molecule has 2 N–H and O–H groups in total. The predicted octanol–water partition coefficient (Wildman–Crippen LogP) is 3.04. The summed E-state index contributed by atoms with van der Waals surface area (Å²) in [5.41, 5.74) is 7.03. The fraction of sp³-hybridized carbons (Fsp3) is 0.812. The zero-order valence-electron chi connectivity index (χ0n) is 14.0. The SMILES string of the molecule is CCCN(CCC)CCOC(N)=C(C=NCC)C(C)C. The maximum Gasteiger partial charge on any atom is 0.189 e. The van der Waals surface area contributed by atoms with Gasteiger partial charge in [0, 0.05) is 24.9 Å². The van der Waals surface area contributed by atoms with E-state index in [1.165, 1.54) is 12.8 Å². The molecule has 0 unspecified atom stereocenters. The molecular weight excluding hydrogens is 250 g/mol. The Balaban J connectivity index is 4.40. The Bertz CT molecular complexity index is 292. The molecule has 0 saturated carbocycles. The van der Waals surface area contributed by atoms with Crippen LogP contribution in [0.25, 0.3) is 0 Å².